The van der Waals surface area contributed by atoms with E-state index in [1.165, 1.54) is 5.56 Å². The van der Waals surface area contributed by atoms with Gasteiger partial charge in [-0.15, -0.1) is 0 Å². The number of carbonyl (C=O) groups excluding carboxylic acids is 1. The van der Waals surface area contributed by atoms with Crippen LogP contribution < -0.4 is 0 Å². The van der Waals surface area contributed by atoms with Crippen molar-refractivity contribution in [2.24, 2.45) is 0 Å². The van der Waals surface area contributed by atoms with Crippen molar-refractivity contribution < 1.29 is 9.53 Å². The molecule has 1 saturated carbocycles. The first kappa shape index (κ1) is 12.3. The number of rotatable bonds is 4. The van der Waals surface area contributed by atoms with Gasteiger partial charge in [-0.1, -0.05) is 24.3 Å². The number of hydrogen-bond donors (Lipinski definition) is 0. The Kier molecular flexibility index (Phi) is 3.63. The maximum atomic E-state index is 12.4. The molecule has 92 valence electrons. The normalized spacial score (nSPS) is 18.2. The highest BCUT2D eigenvalue weighted by Gasteiger charge is 2.40. The second-order valence-corrected chi connectivity index (χ2v) is 4.93. The van der Waals surface area contributed by atoms with E-state index in [0.29, 0.717) is 6.42 Å². The summed E-state index contributed by atoms with van der Waals surface area (Å²) in [6.07, 6.45) is 4.48. The SMILES string of the molecule is COC1(C(=O)Cc2ccccc2C)CCCC1. The van der Waals surface area contributed by atoms with Gasteiger partial charge in [0.15, 0.2) is 5.78 Å². The van der Waals surface area contributed by atoms with Crippen LogP contribution >= 0.6 is 0 Å². The zero-order valence-corrected chi connectivity index (χ0v) is 10.7. The van der Waals surface area contributed by atoms with Crippen molar-refractivity contribution in [1.82, 2.24) is 0 Å². The number of ether oxygens (including phenoxy) is 1. The van der Waals surface area contributed by atoms with Gasteiger partial charge in [0.2, 0.25) is 0 Å². The molecule has 0 aliphatic heterocycles. The molecule has 0 N–H and O–H groups in total. The molecule has 0 heterocycles. The number of methoxy groups -OCH3 is 1. The van der Waals surface area contributed by atoms with Gasteiger partial charge in [-0.3, -0.25) is 4.79 Å². The van der Waals surface area contributed by atoms with Crippen LogP contribution in [0.5, 0.6) is 0 Å². The minimum absolute atomic E-state index is 0.242. The largest absolute Gasteiger partial charge is 0.370 e. The van der Waals surface area contributed by atoms with Crippen molar-refractivity contribution >= 4 is 5.78 Å². The molecular weight excluding hydrogens is 212 g/mol. The average molecular weight is 232 g/mol. The van der Waals surface area contributed by atoms with E-state index < -0.39 is 5.60 Å². The average Bonchev–Trinajstić information content (AvgIpc) is 2.82. The van der Waals surface area contributed by atoms with Gasteiger partial charge in [0.25, 0.3) is 0 Å². The number of aryl methyl sites for hydroxylation is 1. The fourth-order valence-corrected chi connectivity index (χ4v) is 2.69. The molecule has 2 rings (SSSR count). The van der Waals surface area contributed by atoms with Crippen LogP contribution in [0, 0.1) is 6.92 Å². The summed E-state index contributed by atoms with van der Waals surface area (Å²) in [5.41, 5.74) is 1.81. The van der Waals surface area contributed by atoms with Gasteiger partial charge < -0.3 is 4.74 Å². The summed E-state index contributed by atoms with van der Waals surface area (Å²) >= 11 is 0. The van der Waals surface area contributed by atoms with E-state index in [1.54, 1.807) is 7.11 Å². The maximum Gasteiger partial charge on any atom is 0.168 e. The molecule has 0 aromatic heterocycles. The number of ketones is 1. The van der Waals surface area contributed by atoms with E-state index in [-0.39, 0.29) is 5.78 Å². The van der Waals surface area contributed by atoms with Gasteiger partial charge in [-0.25, -0.2) is 0 Å². The highest BCUT2D eigenvalue weighted by atomic mass is 16.5. The summed E-state index contributed by atoms with van der Waals surface area (Å²) in [5.74, 6) is 0.242. The van der Waals surface area contributed by atoms with Crippen LogP contribution in [0.15, 0.2) is 24.3 Å². The highest BCUT2D eigenvalue weighted by Crippen LogP contribution is 2.34. The molecule has 1 aromatic carbocycles. The lowest BCUT2D eigenvalue weighted by Crippen LogP contribution is -2.39. The summed E-state index contributed by atoms with van der Waals surface area (Å²) in [5, 5.41) is 0. The Labute approximate surface area is 103 Å². The topological polar surface area (TPSA) is 26.3 Å². The van der Waals surface area contributed by atoms with E-state index >= 15 is 0 Å². The Balaban J connectivity index is 2.14. The first-order valence-electron chi connectivity index (χ1n) is 6.31. The van der Waals surface area contributed by atoms with Gasteiger partial charge >= 0.3 is 0 Å². The van der Waals surface area contributed by atoms with Crippen LogP contribution in [-0.4, -0.2) is 18.5 Å². The van der Waals surface area contributed by atoms with Crippen molar-refractivity contribution in [3.8, 4) is 0 Å². The number of Topliss-reactive ketones (excluding diaryl/α,β-unsaturated/α-hetero) is 1. The highest BCUT2D eigenvalue weighted by molar-refractivity contribution is 5.89. The molecule has 0 atom stereocenters. The number of hydrogen-bond acceptors (Lipinski definition) is 2. The van der Waals surface area contributed by atoms with E-state index in [2.05, 4.69) is 13.0 Å². The molecular formula is C15H20O2. The molecule has 0 spiro atoms. The maximum absolute atomic E-state index is 12.4. The quantitative estimate of drug-likeness (QED) is 0.797. The molecule has 0 radical (unpaired) electrons. The van der Waals surface area contributed by atoms with Crippen LogP contribution in [0.2, 0.25) is 0 Å². The molecule has 1 aliphatic carbocycles. The van der Waals surface area contributed by atoms with Crippen molar-refractivity contribution in [3.05, 3.63) is 35.4 Å². The Morgan fingerprint density at radius 3 is 2.53 bits per heavy atom. The molecule has 1 aliphatic rings. The molecule has 0 saturated heterocycles. The van der Waals surface area contributed by atoms with E-state index in [9.17, 15) is 4.79 Å². The Morgan fingerprint density at radius 1 is 1.29 bits per heavy atom. The molecule has 0 unspecified atom stereocenters. The summed E-state index contributed by atoms with van der Waals surface area (Å²) in [7, 11) is 1.67. The molecule has 1 fully saturated rings. The van der Waals surface area contributed by atoms with E-state index in [0.717, 1.165) is 31.2 Å². The second kappa shape index (κ2) is 5.01. The summed E-state index contributed by atoms with van der Waals surface area (Å²) in [4.78, 5) is 12.4. The third kappa shape index (κ3) is 2.42. The standard InChI is InChI=1S/C15H20O2/c1-12-7-3-4-8-13(12)11-14(16)15(17-2)9-5-6-10-15/h3-4,7-8H,5-6,9-11H2,1-2H3. The molecule has 0 bridgehead atoms. The van der Waals surface area contributed by atoms with Crippen LogP contribution in [0.3, 0.4) is 0 Å². The second-order valence-electron chi connectivity index (χ2n) is 4.93. The van der Waals surface area contributed by atoms with Crippen molar-refractivity contribution in [2.45, 2.75) is 44.6 Å². The van der Waals surface area contributed by atoms with E-state index in [1.807, 2.05) is 18.2 Å². The van der Waals surface area contributed by atoms with E-state index in [4.69, 9.17) is 4.74 Å². The van der Waals surface area contributed by atoms with Crippen LogP contribution in [-0.2, 0) is 16.0 Å². The van der Waals surface area contributed by atoms with Crippen molar-refractivity contribution in [1.29, 1.82) is 0 Å². The smallest absolute Gasteiger partial charge is 0.168 e. The molecule has 0 amide bonds. The van der Waals surface area contributed by atoms with Crippen LogP contribution in [0.25, 0.3) is 0 Å². The van der Waals surface area contributed by atoms with Gasteiger partial charge in [0.1, 0.15) is 5.60 Å². The van der Waals surface area contributed by atoms with Crippen LogP contribution in [0.1, 0.15) is 36.8 Å². The zero-order chi connectivity index (χ0) is 12.3. The zero-order valence-electron chi connectivity index (χ0n) is 10.7. The lowest BCUT2D eigenvalue weighted by atomic mass is 9.90. The summed E-state index contributed by atoms with van der Waals surface area (Å²) in [6.45, 7) is 2.05. The summed E-state index contributed by atoms with van der Waals surface area (Å²) in [6, 6.07) is 8.08. The molecule has 1 aromatic rings. The molecule has 2 heteroatoms. The van der Waals surface area contributed by atoms with Crippen molar-refractivity contribution in [2.75, 3.05) is 7.11 Å². The first-order valence-corrected chi connectivity index (χ1v) is 6.31. The fourth-order valence-electron chi connectivity index (χ4n) is 2.69. The van der Waals surface area contributed by atoms with Crippen LogP contribution in [0.4, 0.5) is 0 Å². The van der Waals surface area contributed by atoms with Gasteiger partial charge in [0, 0.05) is 13.5 Å². The lowest BCUT2D eigenvalue weighted by Gasteiger charge is -2.26. The third-order valence-electron chi connectivity index (χ3n) is 3.92. The predicted octanol–water partition coefficient (Wildman–Crippen LogP) is 3.07. The predicted molar refractivity (Wildman–Crippen MR) is 68.1 cm³/mol. The van der Waals surface area contributed by atoms with Gasteiger partial charge in [0.05, 0.1) is 0 Å². The lowest BCUT2D eigenvalue weighted by molar-refractivity contribution is -0.139. The Morgan fingerprint density at radius 2 is 1.94 bits per heavy atom. The molecule has 2 nitrogen and oxygen atoms in total. The minimum atomic E-state index is -0.498. The Bertz CT molecular complexity index is 403. The summed E-state index contributed by atoms with van der Waals surface area (Å²) < 4.78 is 5.52. The number of carbonyl (C=O) groups is 1. The van der Waals surface area contributed by atoms with Crippen molar-refractivity contribution in [3.63, 3.8) is 0 Å². The fraction of sp³-hybridized carbons (Fsp3) is 0.533. The third-order valence-corrected chi connectivity index (χ3v) is 3.92. The molecule has 17 heavy (non-hydrogen) atoms. The van der Waals surface area contributed by atoms with Gasteiger partial charge in [-0.05, 0) is 43.7 Å². The first-order chi connectivity index (χ1) is 8.18. The minimum Gasteiger partial charge on any atom is -0.370 e. The Hall–Kier alpha value is -1.15. The number of benzene rings is 1. The monoisotopic (exact) mass is 232 g/mol. The van der Waals surface area contributed by atoms with Gasteiger partial charge in [-0.2, -0.15) is 0 Å².